The fourth-order valence-corrected chi connectivity index (χ4v) is 4.57. The molecular weight excluding hydrogens is 519 g/mol. The standard InChI is InChI=1S/C17H20O2.C15H14Cl2O2/c1-11-9-13(5-7-15(11)18)17(3,4)14-6-8-16(19)12(2)10-14;1-15(2,9-3-5-13(18)11(16)7-9)10-4-6-14(19)12(17)8-10/h5-10,18-19H,1-4H3;3-8,18-19H,1-2H3. The summed E-state index contributed by atoms with van der Waals surface area (Å²) in [4.78, 5) is 0. The van der Waals surface area contributed by atoms with Gasteiger partial charge in [-0.1, -0.05) is 87.3 Å². The Bertz CT molecular complexity index is 1240. The van der Waals surface area contributed by atoms with E-state index in [0.29, 0.717) is 21.5 Å². The molecule has 0 radical (unpaired) electrons. The van der Waals surface area contributed by atoms with Gasteiger partial charge in [-0.2, -0.15) is 0 Å². The normalized spacial score (nSPS) is 11.6. The average Bonchev–Trinajstić information content (AvgIpc) is 2.86. The summed E-state index contributed by atoms with van der Waals surface area (Å²) in [6.45, 7) is 12.1. The fourth-order valence-electron chi connectivity index (χ4n) is 4.21. The Labute approximate surface area is 234 Å². The minimum Gasteiger partial charge on any atom is -0.508 e. The van der Waals surface area contributed by atoms with Crippen molar-refractivity contribution >= 4 is 23.2 Å². The maximum absolute atomic E-state index is 9.63. The van der Waals surface area contributed by atoms with Crippen molar-refractivity contribution in [2.24, 2.45) is 0 Å². The molecule has 0 aliphatic heterocycles. The van der Waals surface area contributed by atoms with E-state index in [0.717, 1.165) is 33.4 Å². The van der Waals surface area contributed by atoms with Crippen LogP contribution in [0.4, 0.5) is 0 Å². The van der Waals surface area contributed by atoms with E-state index >= 15 is 0 Å². The molecule has 0 saturated carbocycles. The SMILES string of the molecule is CC(C)(c1ccc(O)c(Cl)c1)c1ccc(O)c(Cl)c1.Cc1cc(C(C)(C)c2ccc(O)c(C)c2)ccc1O. The van der Waals surface area contributed by atoms with Crippen LogP contribution < -0.4 is 0 Å². The lowest BCUT2D eigenvalue weighted by Gasteiger charge is -2.27. The van der Waals surface area contributed by atoms with E-state index in [4.69, 9.17) is 23.2 Å². The maximum atomic E-state index is 9.63. The highest BCUT2D eigenvalue weighted by Gasteiger charge is 2.25. The van der Waals surface area contributed by atoms with Crippen molar-refractivity contribution < 1.29 is 20.4 Å². The number of hydrogen-bond donors (Lipinski definition) is 4. The summed E-state index contributed by atoms with van der Waals surface area (Å²) in [5.41, 5.74) is 5.45. The molecule has 0 aliphatic carbocycles. The smallest absolute Gasteiger partial charge is 0.134 e. The Morgan fingerprint density at radius 1 is 0.447 bits per heavy atom. The molecule has 0 fully saturated rings. The van der Waals surface area contributed by atoms with Gasteiger partial charge in [0.05, 0.1) is 10.0 Å². The molecule has 38 heavy (non-hydrogen) atoms. The number of rotatable bonds is 4. The molecule has 0 heterocycles. The Morgan fingerprint density at radius 3 is 0.974 bits per heavy atom. The van der Waals surface area contributed by atoms with Crippen LogP contribution in [-0.4, -0.2) is 20.4 Å². The topological polar surface area (TPSA) is 80.9 Å². The third kappa shape index (κ3) is 6.20. The molecule has 0 aliphatic rings. The van der Waals surface area contributed by atoms with E-state index in [2.05, 4.69) is 13.8 Å². The van der Waals surface area contributed by atoms with Gasteiger partial charge in [-0.25, -0.2) is 0 Å². The van der Waals surface area contributed by atoms with Crippen LogP contribution >= 0.6 is 23.2 Å². The zero-order valence-corrected chi connectivity index (χ0v) is 24.0. The van der Waals surface area contributed by atoms with Gasteiger partial charge in [0.2, 0.25) is 0 Å². The predicted molar refractivity (Wildman–Crippen MR) is 156 cm³/mol. The lowest BCUT2D eigenvalue weighted by molar-refractivity contribution is 0.469. The van der Waals surface area contributed by atoms with Gasteiger partial charge in [-0.3, -0.25) is 0 Å². The molecule has 0 atom stereocenters. The van der Waals surface area contributed by atoms with Crippen LogP contribution in [0.2, 0.25) is 10.0 Å². The van der Waals surface area contributed by atoms with Gasteiger partial charge in [0.15, 0.2) is 0 Å². The molecule has 4 aromatic rings. The van der Waals surface area contributed by atoms with Crippen LogP contribution in [0.15, 0.2) is 72.8 Å². The Balaban J connectivity index is 0.000000211. The summed E-state index contributed by atoms with van der Waals surface area (Å²) in [6, 6.07) is 21.6. The summed E-state index contributed by atoms with van der Waals surface area (Å²) in [7, 11) is 0. The van der Waals surface area contributed by atoms with Gasteiger partial charge in [-0.15, -0.1) is 0 Å². The molecule has 6 heteroatoms. The number of phenols is 4. The second kappa shape index (κ2) is 11.2. The molecule has 0 unspecified atom stereocenters. The van der Waals surface area contributed by atoms with Crippen molar-refractivity contribution in [3.8, 4) is 23.0 Å². The number of halogens is 2. The first-order valence-corrected chi connectivity index (χ1v) is 13.0. The molecule has 0 amide bonds. The number of hydrogen-bond acceptors (Lipinski definition) is 4. The van der Waals surface area contributed by atoms with Crippen molar-refractivity contribution in [2.75, 3.05) is 0 Å². The highest BCUT2D eigenvalue weighted by molar-refractivity contribution is 6.32. The first-order valence-electron chi connectivity index (χ1n) is 12.2. The molecule has 200 valence electrons. The minimum absolute atomic E-state index is 0.0601. The molecular formula is C32H34Cl2O4. The monoisotopic (exact) mass is 552 g/mol. The molecule has 4 N–H and O–H groups in total. The lowest BCUT2D eigenvalue weighted by Crippen LogP contribution is -2.19. The van der Waals surface area contributed by atoms with Crippen LogP contribution in [-0.2, 0) is 10.8 Å². The van der Waals surface area contributed by atoms with Crippen LogP contribution in [0, 0.1) is 13.8 Å². The van der Waals surface area contributed by atoms with E-state index in [1.54, 1.807) is 36.4 Å². The van der Waals surface area contributed by atoms with Crippen molar-refractivity contribution in [1.29, 1.82) is 0 Å². The third-order valence-corrected chi connectivity index (χ3v) is 7.78. The van der Waals surface area contributed by atoms with E-state index in [1.165, 1.54) is 0 Å². The molecule has 0 aromatic heterocycles. The Hall–Kier alpha value is -3.34. The first-order chi connectivity index (χ1) is 17.6. The van der Waals surface area contributed by atoms with Crippen LogP contribution in [0.5, 0.6) is 23.0 Å². The average molecular weight is 554 g/mol. The van der Waals surface area contributed by atoms with Crippen molar-refractivity contribution in [1.82, 2.24) is 0 Å². The molecule has 0 spiro atoms. The first kappa shape index (κ1) is 29.2. The fraction of sp³-hybridized carbons (Fsp3) is 0.250. The molecule has 0 saturated heterocycles. The summed E-state index contributed by atoms with van der Waals surface area (Å²) in [5, 5.41) is 38.8. The molecule has 4 nitrogen and oxygen atoms in total. The number of aromatic hydroxyl groups is 4. The van der Waals surface area contributed by atoms with Crippen molar-refractivity contribution in [3.05, 3.63) is 116 Å². The van der Waals surface area contributed by atoms with Gasteiger partial charge in [0.25, 0.3) is 0 Å². The van der Waals surface area contributed by atoms with Gasteiger partial charge < -0.3 is 20.4 Å². The van der Waals surface area contributed by atoms with Crippen LogP contribution in [0.25, 0.3) is 0 Å². The second-order valence-electron chi connectivity index (χ2n) is 10.6. The van der Waals surface area contributed by atoms with Crippen molar-refractivity contribution in [3.63, 3.8) is 0 Å². The second-order valence-corrected chi connectivity index (χ2v) is 11.4. The lowest BCUT2D eigenvalue weighted by atomic mass is 9.77. The Kier molecular flexibility index (Phi) is 8.60. The third-order valence-electron chi connectivity index (χ3n) is 7.18. The number of phenolic OH excluding ortho intramolecular Hbond substituents is 4. The van der Waals surface area contributed by atoms with E-state index in [9.17, 15) is 20.4 Å². The number of benzene rings is 4. The predicted octanol–water partition coefficient (Wildman–Crippen LogP) is 8.77. The van der Waals surface area contributed by atoms with Crippen LogP contribution in [0.3, 0.4) is 0 Å². The molecule has 4 rings (SSSR count). The summed E-state index contributed by atoms with van der Waals surface area (Å²) < 4.78 is 0. The van der Waals surface area contributed by atoms with E-state index in [1.807, 2.05) is 64.1 Å². The highest BCUT2D eigenvalue weighted by atomic mass is 35.5. The molecule has 0 bridgehead atoms. The highest BCUT2D eigenvalue weighted by Crippen LogP contribution is 2.38. The maximum Gasteiger partial charge on any atom is 0.134 e. The number of aryl methyl sites for hydroxylation is 2. The quantitative estimate of drug-likeness (QED) is 0.204. The Morgan fingerprint density at radius 2 is 0.711 bits per heavy atom. The molecule has 4 aromatic carbocycles. The van der Waals surface area contributed by atoms with E-state index < -0.39 is 0 Å². The summed E-state index contributed by atoms with van der Waals surface area (Å²) in [6.07, 6.45) is 0. The van der Waals surface area contributed by atoms with Crippen LogP contribution in [0.1, 0.15) is 61.1 Å². The van der Waals surface area contributed by atoms with Gasteiger partial charge in [0, 0.05) is 10.8 Å². The zero-order chi connectivity index (χ0) is 28.4. The van der Waals surface area contributed by atoms with Crippen molar-refractivity contribution in [2.45, 2.75) is 52.4 Å². The largest absolute Gasteiger partial charge is 0.508 e. The van der Waals surface area contributed by atoms with Gasteiger partial charge in [0.1, 0.15) is 23.0 Å². The van der Waals surface area contributed by atoms with Gasteiger partial charge in [-0.05, 0) is 83.6 Å². The van der Waals surface area contributed by atoms with Gasteiger partial charge >= 0.3 is 0 Å². The summed E-state index contributed by atoms with van der Waals surface area (Å²) >= 11 is 11.9. The minimum atomic E-state index is -0.339. The summed E-state index contributed by atoms with van der Waals surface area (Å²) in [5.74, 6) is 0.762. The zero-order valence-electron chi connectivity index (χ0n) is 22.5. The van der Waals surface area contributed by atoms with E-state index in [-0.39, 0.29) is 22.3 Å².